The molecule has 2 aromatic carbocycles. The monoisotopic (exact) mass is 475 g/mol. The topological polar surface area (TPSA) is 82.7 Å². The highest BCUT2D eigenvalue weighted by Crippen LogP contribution is 2.33. The Morgan fingerprint density at radius 1 is 1.24 bits per heavy atom. The smallest absolute Gasteiger partial charge is 0.262 e. The van der Waals surface area contributed by atoms with Crippen LogP contribution in [0.4, 0.5) is 11.4 Å². The van der Waals surface area contributed by atoms with Crippen molar-refractivity contribution in [3.05, 3.63) is 71.4 Å². The molecule has 1 amide bonds. The van der Waals surface area contributed by atoms with Gasteiger partial charge < -0.3 is 23.9 Å². The molecule has 0 radical (unpaired) electrons. The third-order valence-electron chi connectivity index (χ3n) is 5.44. The molecule has 4 aromatic rings. The van der Waals surface area contributed by atoms with Crippen LogP contribution >= 0.6 is 11.3 Å². The fourth-order valence-electron chi connectivity index (χ4n) is 3.87. The highest BCUT2D eigenvalue weighted by Gasteiger charge is 2.18. The number of rotatable bonds is 8. The van der Waals surface area contributed by atoms with Crippen molar-refractivity contribution in [3.8, 4) is 22.8 Å². The lowest BCUT2D eigenvalue weighted by atomic mass is 10.1. The number of para-hydroxylation sites is 2. The standard InChI is InChI=1S/C25H25N5O3S/c1-2-32-22-7-4-3-6-19(22)28-25-30(12-5-11-29-13-10-26-17-29)21(16-34-25)18-8-9-23-20(14-18)27-24(31)15-33-23/h3-4,6-10,13-14,16-17H,2,5,11-12,15H2,1H3,(H,27,31). The molecule has 0 fully saturated rings. The second kappa shape index (κ2) is 9.96. The summed E-state index contributed by atoms with van der Waals surface area (Å²) in [5.74, 6) is 1.30. The van der Waals surface area contributed by atoms with E-state index in [1.807, 2.05) is 61.9 Å². The molecule has 0 spiro atoms. The molecular weight excluding hydrogens is 450 g/mol. The van der Waals surface area contributed by atoms with E-state index in [1.54, 1.807) is 17.5 Å². The van der Waals surface area contributed by atoms with Gasteiger partial charge in [0.15, 0.2) is 11.4 Å². The minimum Gasteiger partial charge on any atom is -0.492 e. The van der Waals surface area contributed by atoms with Gasteiger partial charge in [-0.2, -0.15) is 0 Å². The summed E-state index contributed by atoms with van der Waals surface area (Å²) in [5, 5.41) is 5.00. The van der Waals surface area contributed by atoms with Gasteiger partial charge in [0, 0.05) is 36.4 Å². The first-order valence-corrected chi connectivity index (χ1v) is 12.1. The van der Waals surface area contributed by atoms with Gasteiger partial charge in [0.2, 0.25) is 0 Å². The number of aromatic nitrogens is 3. The van der Waals surface area contributed by atoms with Gasteiger partial charge >= 0.3 is 0 Å². The number of benzene rings is 2. The van der Waals surface area contributed by atoms with E-state index in [-0.39, 0.29) is 12.5 Å². The zero-order chi connectivity index (χ0) is 23.3. The average Bonchev–Trinajstić information content (AvgIpc) is 3.50. The predicted octanol–water partition coefficient (Wildman–Crippen LogP) is 4.47. The van der Waals surface area contributed by atoms with Crippen LogP contribution in [-0.2, 0) is 17.9 Å². The van der Waals surface area contributed by atoms with E-state index < -0.39 is 0 Å². The first-order chi connectivity index (χ1) is 16.7. The molecule has 0 saturated carbocycles. The van der Waals surface area contributed by atoms with Gasteiger partial charge in [0.05, 0.1) is 24.3 Å². The number of hydrogen-bond donors (Lipinski definition) is 1. The number of fused-ring (bicyclic) bond motifs is 1. The molecule has 5 rings (SSSR count). The minimum atomic E-state index is -0.147. The predicted molar refractivity (Wildman–Crippen MR) is 132 cm³/mol. The summed E-state index contributed by atoms with van der Waals surface area (Å²) in [6.45, 7) is 4.21. The van der Waals surface area contributed by atoms with E-state index in [4.69, 9.17) is 14.5 Å². The van der Waals surface area contributed by atoms with Crippen LogP contribution in [-0.4, -0.2) is 33.2 Å². The molecule has 0 bridgehead atoms. The van der Waals surface area contributed by atoms with Gasteiger partial charge in [0.1, 0.15) is 17.2 Å². The summed E-state index contributed by atoms with van der Waals surface area (Å²) in [7, 11) is 0. The molecule has 2 aromatic heterocycles. The van der Waals surface area contributed by atoms with Crippen molar-refractivity contribution in [1.82, 2.24) is 14.1 Å². The van der Waals surface area contributed by atoms with Crippen molar-refractivity contribution in [3.63, 3.8) is 0 Å². The highest BCUT2D eigenvalue weighted by atomic mass is 32.1. The summed E-state index contributed by atoms with van der Waals surface area (Å²) >= 11 is 1.58. The van der Waals surface area contributed by atoms with Gasteiger partial charge in [-0.05, 0) is 43.7 Å². The Morgan fingerprint density at radius 2 is 2.15 bits per heavy atom. The first kappa shape index (κ1) is 22.0. The number of ether oxygens (including phenoxy) is 2. The highest BCUT2D eigenvalue weighted by molar-refractivity contribution is 7.07. The van der Waals surface area contributed by atoms with Crippen LogP contribution in [0.3, 0.4) is 0 Å². The third-order valence-corrected chi connectivity index (χ3v) is 6.31. The Hall–Kier alpha value is -3.85. The van der Waals surface area contributed by atoms with Gasteiger partial charge in [0.25, 0.3) is 5.91 Å². The van der Waals surface area contributed by atoms with Crippen LogP contribution in [0.2, 0.25) is 0 Å². The van der Waals surface area contributed by atoms with Crippen LogP contribution in [0.5, 0.6) is 11.5 Å². The van der Waals surface area contributed by atoms with Gasteiger partial charge in [-0.3, -0.25) is 4.79 Å². The van der Waals surface area contributed by atoms with Crippen molar-refractivity contribution in [2.45, 2.75) is 26.4 Å². The summed E-state index contributed by atoms with van der Waals surface area (Å²) < 4.78 is 15.6. The van der Waals surface area contributed by atoms with Crippen LogP contribution < -0.4 is 19.6 Å². The second-order valence-electron chi connectivity index (χ2n) is 7.77. The van der Waals surface area contributed by atoms with Crippen LogP contribution in [0, 0.1) is 0 Å². The number of carbonyl (C=O) groups excluding carboxylic acids is 1. The fraction of sp³-hybridized carbons (Fsp3) is 0.240. The average molecular weight is 476 g/mol. The maximum atomic E-state index is 11.8. The Labute approximate surface area is 201 Å². The number of hydrogen-bond acceptors (Lipinski definition) is 6. The Morgan fingerprint density at radius 3 is 3.00 bits per heavy atom. The third kappa shape index (κ3) is 4.74. The minimum absolute atomic E-state index is 0.0430. The zero-order valence-electron chi connectivity index (χ0n) is 18.8. The second-order valence-corrected chi connectivity index (χ2v) is 8.61. The number of nitrogens with one attached hydrogen (secondary N) is 1. The van der Waals surface area contributed by atoms with Crippen molar-refractivity contribution in [2.24, 2.45) is 4.99 Å². The summed E-state index contributed by atoms with van der Waals surface area (Å²) in [6.07, 6.45) is 6.49. The molecule has 174 valence electrons. The molecule has 34 heavy (non-hydrogen) atoms. The Balaban J connectivity index is 1.54. The molecule has 0 atom stereocenters. The van der Waals surface area contributed by atoms with Crippen molar-refractivity contribution >= 4 is 28.6 Å². The number of carbonyl (C=O) groups is 1. The summed E-state index contributed by atoms with van der Waals surface area (Å²) in [6, 6.07) is 13.7. The number of aryl methyl sites for hydroxylation is 1. The maximum Gasteiger partial charge on any atom is 0.262 e. The molecule has 8 nitrogen and oxygen atoms in total. The van der Waals surface area contributed by atoms with E-state index in [0.29, 0.717) is 18.0 Å². The Kier molecular flexibility index (Phi) is 6.44. The van der Waals surface area contributed by atoms with Crippen molar-refractivity contribution in [1.29, 1.82) is 0 Å². The molecule has 9 heteroatoms. The maximum absolute atomic E-state index is 11.8. The zero-order valence-corrected chi connectivity index (χ0v) is 19.6. The van der Waals surface area contributed by atoms with Gasteiger partial charge in [-0.15, -0.1) is 11.3 Å². The van der Waals surface area contributed by atoms with E-state index in [2.05, 4.69) is 24.8 Å². The fourth-order valence-corrected chi connectivity index (χ4v) is 4.82. The molecule has 1 N–H and O–H groups in total. The van der Waals surface area contributed by atoms with Crippen LogP contribution in [0.15, 0.2) is 71.6 Å². The van der Waals surface area contributed by atoms with E-state index in [0.717, 1.165) is 47.0 Å². The van der Waals surface area contributed by atoms with Gasteiger partial charge in [-0.25, -0.2) is 9.98 Å². The van der Waals surface area contributed by atoms with Crippen molar-refractivity contribution < 1.29 is 14.3 Å². The molecule has 0 saturated heterocycles. The lowest BCUT2D eigenvalue weighted by Gasteiger charge is -2.19. The van der Waals surface area contributed by atoms with E-state index in [1.165, 1.54) is 0 Å². The molecule has 1 aliphatic heterocycles. The molecule has 3 heterocycles. The van der Waals surface area contributed by atoms with E-state index >= 15 is 0 Å². The quantitative estimate of drug-likeness (QED) is 0.408. The lowest BCUT2D eigenvalue weighted by molar-refractivity contribution is -0.118. The molecule has 0 unspecified atom stereocenters. The normalized spacial score (nSPS) is 13.3. The van der Waals surface area contributed by atoms with E-state index in [9.17, 15) is 4.79 Å². The number of amides is 1. The molecule has 1 aliphatic rings. The summed E-state index contributed by atoms with van der Waals surface area (Å²) in [4.78, 5) is 21.8. The largest absolute Gasteiger partial charge is 0.492 e. The summed E-state index contributed by atoms with van der Waals surface area (Å²) in [5.41, 5.74) is 3.51. The lowest BCUT2D eigenvalue weighted by Crippen LogP contribution is -2.25. The van der Waals surface area contributed by atoms with Crippen LogP contribution in [0.25, 0.3) is 11.3 Å². The number of imidazole rings is 1. The number of anilines is 1. The first-order valence-electron chi connectivity index (χ1n) is 11.2. The van der Waals surface area contributed by atoms with Crippen LogP contribution in [0.1, 0.15) is 13.3 Å². The molecule has 0 aliphatic carbocycles. The number of thiazole rings is 1. The van der Waals surface area contributed by atoms with Gasteiger partial charge in [-0.1, -0.05) is 12.1 Å². The Bertz CT molecular complexity index is 1360. The SMILES string of the molecule is CCOc1ccccc1N=c1scc(-c2ccc3c(c2)NC(=O)CO3)n1CCCn1ccnc1. The molecular formula is C25H25N5O3S. The number of nitrogens with zero attached hydrogens (tertiary/aromatic N) is 4. The van der Waals surface area contributed by atoms with Crippen molar-refractivity contribution in [2.75, 3.05) is 18.5 Å².